The summed E-state index contributed by atoms with van der Waals surface area (Å²) in [7, 11) is 2.82. The van der Waals surface area contributed by atoms with Crippen LogP contribution in [0.15, 0.2) is 24.3 Å². The molecule has 0 aromatic heterocycles. The van der Waals surface area contributed by atoms with Crippen LogP contribution in [0, 0.1) is 5.41 Å². The highest BCUT2D eigenvalue weighted by Gasteiger charge is 2.58. The van der Waals surface area contributed by atoms with Gasteiger partial charge in [0.15, 0.2) is 28.4 Å². The fourth-order valence-electron chi connectivity index (χ4n) is 4.81. The Kier molecular flexibility index (Phi) is 6.45. The third-order valence-corrected chi connectivity index (χ3v) is 6.34. The van der Waals surface area contributed by atoms with E-state index in [-0.39, 0.29) is 43.7 Å². The topological polar surface area (TPSA) is 110 Å². The highest BCUT2D eigenvalue weighted by atomic mass is 16.7. The van der Waals surface area contributed by atoms with Gasteiger partial charge in [0, 0.05) is 5.92 Å². The maximum atomic E-state index is 13.5. The van der Waals surface area contributed by atoms with Gasteiger partial charge in [0.05, 0.1) is 27.4 Å². The molecule has 1 aliphatic carbocycles. The van der Waals surface area contributed by atoms with Crippen LogP contribution in [-0.2, 0) is 25.5 Å². The molecule has 182 valence electrons. The minimum atomic E-state index is -1.67. The van der Waals surface area contributed by atoms with Gasteiger partial charge in [0.25, 0.3) is 0 Å². The number of carbonyl (C=O) groups is 2. The zero-order valence-electron chi connectivity index (χ0n) is 19.6. The number of benzene rings is 2. The Balaban J connectivity index is 2.02. The van der Waals surface area contributed by atoms with Gasteiger partial charge in [0.2, 0.25) is 12.5 Å². The summed E-state index contributed by atoms with van der Waals surface area (Å²) in [6, 6.07) is 6.85. The van der Waals surface area contributed by atoms with Gasteiger partial charge < -0.3 is 33.5 Å². The molecule has 9 heteroatoms. The van der Waals surface area contributed by atoms with Gasteiger partial charge in [-0.2, -0.15) is 0 Å². The van der Waals surface area contributed by atoms with Crippen molar-refractivity contribution >= 4 is 11.9 Å². The first-order chi connectivity index (χ1) is 16.4. The Morgan fingerprint density at radius 1 is 0.971 bits per heavy atom. The molecule has 0 saturated carbocycles. The average Bonchev–Trinajstić information content (AvgIpc) is 3.29. The molecule has 0 radical (unpaired) electrons. The monoisotopic (exact) mass is 472 g/mol. The minimum absolute atomic E-state index is 0.0879. The molecule has 4 rings (SSSR count). The van der Waals surface area contributed by atoms with E-state index in [1.807, 2.05) is 6.07 Å². The Morgan fingerprint density at radius 2 is 1.53 bits per heavy atom. The second-order valence-corrected chi connectivity index (χ2v) is 8.02. The number of rotatable bonds is 7. The molecule has 2 aliphatic rings. The second kappa shape index (κ2) is 9.32. The number of aromatic hydroxyl groups is 1. The molecule has 0 fully saturated rings. The number of phenols is 1. The summed E-state index contributed by atoms with van der Waals surface area (Å²) in [6.45, 7) is 3.66. The molecule has 0 bridgehead atoms. The lowest BCUT2D eigenvalue weighted by Gasteiger charge is -2.41. The normalized spacial score (nSPS) is 17.5. The van der Waals surface area contributed by atoms with Crippen molar-refractivity contribution in [1.82, 2.24) is 0 Å². The Bertz CT molecular complexity index is 1060. The van der Waals surface area contributed by atoms with E-state index in [0.717, 1.165) is 5.56 Å². The zero-order valence-corrected chi connectivity index (χ0v) is 19.6. The number of phenolic OH excluding ortho intramolecular Hbond substituents is 1. The van der Waals surface area contributed by atoms with E-state index in [9.17, 15) is 14.7 Å². The quantitative estimate of drug-likeness (QED) is 0.479. The van der Waals surface area contributed by atoms with Crippen molar-refractivity contribution in [2.75, 3.05) is 34.2 Å². The second-order valence-electron chi connectivity index (χ2n) is 8.02. The Morgan fingerprint density at radius 3 is 2.06 bits per heavy atom. The predicted octanol–water partition coefficient (Wildman–Crippen LogP) is 3.33. The van der Waals surface area contributed by atoms with Crippen LogP contribution in [0.2, 0.25) is 0 Å². The summed E-state index contributed by atoms with van der Waals surface area (Å²) in [4.78, 5) is 27.1. The maximum Gasteiger partial charge on any atom is 0.324 e. The third-order valence-electron chi connectivity index (χ3n) is 6.34. The van der Waals surface area contributed by atoms with Crippen molar-refractivity contribution < 1.29 is 43.1 Å². The van der Waals surface area contributed by atoms with Crippen molar-refractivity contribution in [2.24, 2.45) is 5.41 Å². The molecular formula is C25H28O9. The summed E-state index contributed by atoms with van der Waals surface area (Å²) in [5.41, 5.74) is 0.461. The van der Waals surface area contributed by atoms with Crippen molar-refractivity contribution in [3.05, 3.63) is 41.0 Å². The molecule has 0 spiro atoms. The van der Waals surface area contributed by atoms with Crippen LogP contribution < -0.4 is 18.9 Å². The first-order valence-corrected chi connectivity index (χ1v) is 11.1. The van der Waals surface area contributed by atoms with Crippen LogP contribution >= 0.6 is 0 Å². The van der Waals surface area contributed by atoms with Crippen LogP contribution in [-0.4, -0.2) is 51.3 Å². The smallest absolute Gasteiger partial charge is 0.324 e. The predicted molar refractivity (Wildman–Crippen MR) is 120 cm³/mol. The number of methoxy groups -OCH3 is 2. The van der Waals surface area contributed by atoms with Gasteiger partial charge in [-0.3, -0.25) is 9.59 Å². The number of ether oxygens (including phenoxy) is 6. The average molecular weight is 472 g/mol. The van der Waals surface area contributed by atoms with Gasteiger partial charge in [-0.15, -0.1) is 0 Å². The Hall–Kier alpha value is -3.62. The van der Waals surface area contributed by atoms with Crippen molar-refractivity contribution in [3.63, 3.8) is 0 Å². The molecule has 0 saturated heterocycles. The zero-order chi connectivity index (χ0) is 24.5. The van der Waals surface area contributed by atoms with Gasteiger partial charge in [-0.05, 0) is 67.6 Å². The number of hydrogen-bond acceptors (Lipinski definition) is 9. The molecule has 1 heterocycles. The largest absolute Gasteiger partial charge is 0.502 e. The lowest BCUT2D eigenvalue weighted by molar-refractivity contribution is -0.174. The van der Waals surface area contributed by atoms with E-state index >= 15 is 0 Å². The van der Waals surface area contributed by atoms with Crippen LogP contribution in [0.25, 0.3) is 0 Å². The molecule has 9 nitrogen and oxygen atoms in total. The van der Waals surface area contributed by atoms with Crippen LogP contribution in [0.5, 0.6) is 28.7 Å². The van der Waals surface area contributed by atoms with Crippen LogP contribution in [0.4, 0.5) is 0 Å². The van der Waals surface area contributed by atoms with Gasteiger partial charge in [-0.1, -0.05) is 0 Å². The van der Waals surface area contributed by atoms with Gasteiger partial charge in [-0.25, -0.2) is 0 Å². The van der Waals surface area contributed by atoms with E-state index < -0.39 is 23.3 Å². The standard InChI is InChI=1S/C25H28O9/c1-5-31-23(27)25(24(28)32-6-2)8-7-14-9-17-18(34-13-33-17)12-16(14)21(25)15-10-19(29-3)22(26)20(11-15)30-4/h9-12,21,26H,5-8,13H2,1-4H3. The maximum absolute atomic E-state index is 13.5. The van der Waals surface area contributed by atoms with E-state index in [0.29, 0.717) is 29.0 Å². The molecule has 1 aliphatic heterocycles. The number of hydrogen-bond donors (Lipinski definition) is 1. The molecule has 1 unspecified atom stereocenters. The van der Waals surface area contributed by atoms with Crippen molar-refractivity contribution in [3.8, 4) is 28.7 Å². The summed E-state index contributed by atoms with van der Waals surface area (Å²) < 4.78 is 32.7. The molecule has 0 amide bonds. The number of esters is 2. The lowest BCUT2D eigenvalue weighted by atomic mass is 9.61. The highest BCUT2D eigenvalue weighted by Crippen LogP contribution is 2.55. The molecule has 1 atom stereocenters. The summed E-state index contributed by atoms with van der Waals surface area (Å²) in [5.74, 6) is -0.947. The van der Waals surface area contributed by atoms with E-state index in [4.69, 9.17) is 28.4 Å². The lowest BCUT2D eigenvalue weighted by Crippen LogP contribution is -2.49. The first-order valence-electron chi connectivity index (χ1n) is 11.1. The number of fused-ring (bicyclic) bond motifs is 2. The Labute approximate surface area is 197 Å². The fraction of sp³-hybridized carbons (Fsp3) is 0.440. The molecule has 2 aromatic carbocycles. The summed E-state index contributed by atoms with van der Waals surface area (Å²) in [5, 5.41) is 10.5. The molecule has 1 N–H and O–H groups in total. The van der Waals surface area contributed by atoms with Crippen LogP contribution in [0.3, 0.4) is 0 Å². The van der Waals surface area contributed by atoms with E-state index in [1.54, 1.807) is 32.0 Å². The van der Waals surface area contributed by atoms with Crippen LogP contribution in [0.1, 0.15) is 42.9 Å². The SMILES string of the molecule is CCOC(=O)C1(C(=O)OCC)CCc2cc3c(cc2C1c1cc(OC)c(O)c(OC)c1)OCO3. The van der Waals surface area contributed by atoms with Crippen molar-refractivity contribution in [2.45, 2.75) is 32.6 Å². The van der Waals surface area contributed by atoms with Gasteiger partial charge >= 0.3 is 11.9 Å². The summed E-state index contributed by atoms with van der Waals surface area (Å²) >= 11 is 0. The first kappa shape index (κ1) is 23.5. The third kappa shape index (κ3) is 3.65. The van der Waals surface area contributed by atoms with Crippen molar-refractivity contribution in [1.29, 1.82) is 0 Å². The minimum Gasteiger partial charge on any atom is -0.502 e. The highest BCUT2D eigenvalue weighted by molar-refractivity contribution is 6.02. The summed E-state index contributed by atoms with van der Waals surface area (Å²) in [6.07, 6.45) is 0.583. The van der Waals surface area contributed by atoms with E-state index in [1.165, 1.54) is 14.2 Å². The number of aryl methyl sites for hydroxylation is 1. The molecular weight excluding hydrogens is 444 g/mol. The van der Waals surface area contributed by atoms with Gasteiger partial charge in [0.1, 0.15) is 0 Å². The molecule has 34 heavy (non-hydrogen) atoms. The fourth-order valence-corrected chi connectivity index (χ4v) is 4.81. The van der Waals surface area contributed by atoms with E-state index in [2.05, 4.69) is 0 Å². The number of carbonyl (C=O) groups excluding carboxylic acids is 2. The molecule has 2 aromatic rings.